The van der Waals surface area contributed by atoms with Crippen LogP contribution in [0.4, 0.5) is 0 Å². The van der Waals surface area contributed by atoms with Gasteiger partial charge in [0.1, 0.15) is 0 Å². The summed E-state index contributed by atoms with van der Waals surface area (Å²) in [5.41, 5.74) is 5.20. The lowest BCUT2D eigenvalue weighted by Crippen LogP contribution is -2.12. The van der Waals surface area contributed by atoms with E-state index < -0.39 is 0 Å². The van der Waals surface area contributed by atoms with Crippen LogP contribution in [-0.2, 0) is 9.47 Å². The Kier molecular flexibility index (Phi) is 15.8. The van der Waals surface area contributed by atoms with Crippen molar-refractivity contribution in [1.29, 1.82) is 0 Å². The molecule has 72 valence electrons. The molecular formula is C8H16ClNO2. The van der Waals surface area contributed by atoms with Crippen LogP contribution in [0.3, 0.4) is 0 Å². The Hall–Kier alpha value is -0.270. The van der Waals surface area contributed by atoms with Gasteiger partial charge in [0.25, 0.3) is 0 Å². The van der Waals surface area contributed by atoms with Crippen LogP contribution in [0.1, 0.15) is 6.42 Å². The topological polar surface area (TPSA) is 44.5 Å². The standard InChI is InChI=1S/C8H15NO2.ClH/c1-2-3-5-10-7-8-11-6-4-9;/h1H,3-9H2;1H. The van der Waals surface area contributed by atoms with Gasteiger partial charge in [0, 0.05) is 13.0 Å². The molecule has 2 N–H and O–H groups in total. The quantitative estimate of drug-likeness (QED) is 0.471. The number of ether oxygens (including phenoxy) is 2. The van der Waals surface area contributed by atoms with Gasteiger partial charge in [-0.05, 0) is 0 Å². The predicted octanol–water partition coefficient (Wildman–Crippen LogP) is 0.423. The third-order valence-electron chi connectivity index (χ3n) is 1.02. The van der Waals surface area contributed by atoms with Crippen molar-refractivity contribution in [1.82, 2.24) is 0 Å². The highest BCUT2D eigenvalue weighted by molar-refractivity contribution is 5.85. The first-order valence-corrected chi connectivity index (χ1v) is 3.71. The highest BCUT2D eigenvalue weighted by Crippen LogP contribution is 1.80. The van der Waals surface area contributed by atoms with Gasteiger partial charge in [-0.2, -0.15) is 0 Å². The van der Waals surface area contributed by atoms with Crippen LogP contribution >= 0.6 is 12.4 Å². The summed E-state index contributed by atoms with van der Waals surface area (Å²) in [6.45, 7) is 2.97. The number of hydrogen-bond donors (Lipinski definition) is 1. The van der Waals surface area contributed by atoms with Gasteiger partial charge in [-0.15, -0.1) is 24.8 Å². The Labute approximate surface area is 80.0 Å². The smallest absolute Gasteiger partial charge is 0.0701 e. The van der Waals surface area contributed by atoms with Crippen LogP contribution in [0, 0.1) is 12.3 Å². The Morgan fingerprint density at radius 2 is 1.67 bits per heavy atom. The summed E-state index contributed by atoms with van der Waals surface area (Å²) in [7, 11) is 0. The normalized spacial score (nSPS) is 8.67. The van der Waals surface area contributed by atoms with E-state index in [9.17, 15) is 0 Å². The molecule has 0 radical (unpaired) electrons. The molecule has 0 aromatic carbocycles. The largest absolute Gasteiger partial charge is 0.378 e. The molecule has 0 saturated carbocycles. The van der Waals surface area contributed by atoms with Crippen molar-refractivity contribution in [3.8, 4) is 12.3 Å². The fourth-order valence-electron chi connectivity index (χ4n) is 0.536. The van der Waals surface area contributed by atoms with E-state index in [1.54, 1.807) is 0 Å². The van der Waals surface area contributed by atoms with E-state index >= 15 is 0 Å². The van der Waals surface area contributed by atoms with Crippen molar-refractivity contribution in [3.05, 3.63) is 0 Å². The van der Waals surface area contributed by atoms with Crippen LogP contribution in [0.15, 0.2) is 0 Å². The van der Waals surface area contributed by atoms with Gasteiger partial charge in [-0.3, -0.25) is 0 Å². The van der Waals surface area contributed by atoms with Gasteiger partial charge in [0.05, 0.1) is 26.4 Å². The molecule has 0 aliphatic rings. The summed E-state index contributed by atoms with van der Waals surface area (Å²) in [6.07, 6.45) is 5.68. The molecule has 0 fully saturated rings. The third-order valence-corrected chi connectivity index (χ3v) is 1.02. The lowest BCUT2D eigenvalue weighted by molar-refractivity contribution is 0.0530. The van der Waals surface area contributed by atoms with Gasteiger partial charge >= 0.3 is 0 Å². The molecule has 12 heavy (non-hydrogen) atoms. The van der Waals surface area contributed by atoms with Crippen molar-refractivity contribution in [2.24, 2.45) is 5.73 Å². The lowest BCUT2D eigenvalue weighted by atomic mass is 10.5. The molecule has 3 nitrogen and oxygen atoms in total. The molecule has 0 atom stereocenters. The predicted molar refractivity (Wildman–Crippen MR) is 51.4 cm³/mol. The minimum Gasteiger partial charge on any atom is -0.378 e. The van der Waals surface area contributed by atoms with Gasteiger partial charge < -0.3 is 15.2 Å². The molecule has 0 saturated heterocycles. The summed E-state index contributed by atoms with van der Waals surface area (Å²) in [6, 6.07) is 0. The summed E-state index contributed by atoms with van der Waals surface area (Å²) >= 11 is 0. The molecule has 0 unspecified atom stereocenters. The Balaban J connectivity index is 0. The molecule has 0 bridgehead atoms. The van der Waals surface area contributed by atoms with Crippen LogP contribution in [0.2, 0.25) is 0 Å². The molecular weight excluding hydrogens is 178 g/mol. The van der Waals surface area contributed by atoms with Gasteiger partial charge in [0.2, 0.25) is 0 Å². The number of halogens is 1. The van der Waals surface area contributed by atoms with Crippen molar-refractivity contribution in [2.75, 3.05) is 33.0 Å². The molecule has 0 rings (SSSR count). The van der Waals surface area contributed by atoms with E-state index in [-0.39, 0.29) is 12.4 Å². The van der Waals surface area contributed by atoms with Crippen LogP contribution < -0.4 is 5.73 Å². The van der Waals surface area contributed by atoms with Crippen LogP contribution in [-0.4, -0.2) is 33.0 Å². The second kappa shape index (κ2) is 13.3. The van der Waals surface area contributed by atoms with Gasteiger partial charge in [0.15, 0.2) is 0 Å². The second-order valence-corrected chi connectivity index (χ2v) is 1.97. The van der Waals surface area contributed by atoms with E-state index in [4.69, 9.17) is 21.6 Å². The molecule has 0 spiro atoms. The minimum atomic E-state index is 0. The number of rotatable bonds is 7. The third kappa shape index (κ3) is 12.4. The first-order valence-electron chi connectivity index (χ1n) is 3.71. The highest BCUT2D eigenvalue weighted by atomic mass is 35.5. The monoisotopic (exact) mass is 193 g/mol. The maximum Gasteiger partial charge on any atom is 0.0701 e. The maximum absolute atomic E-state index is 5.20. The minimum absolute atomic E-state index is 0. The van der Waals surface area contributed by atoms with Crippen molar-refractivity contribution < 1.29 is 9.47 Å². The van der Waals surface area contributed by atoms with E-state index in [0.717, 1.165) is 0 Å². The zero-order valence-corrected chi connectivity index (χ0v) is 7.94. The number of hydrogen-bond acceptors (Lipinski definition) is 3. The molecule has 0 aromatic rings. The summed E-state index contributed by atoms with van der Waals surface area (Å²) in [5.74, 6) is 2.48. The van der Waals surface area contributed by atoms with E-state index in [1.165, 1.54) is 0 Å². The molecule has 0 aliphatic heterocycles. The van der Waals surface area contributed by atoms with E-state index in [1.807, 2.05) is 0 Å². The molecule has 0 heterocycles. The zero-order valence-electron chi connectivity index (χ0n) is 7.12. The maximum atomic E-state index is 5.20. The SMILES string of the molecule is C#CCCOCCOCCN.Cl. The van der Waals surface area contributed by atoms with E-state index in [0.29, 0.717) is 39.4 Å². The Morgan fingerprint density at radius 3 is 2.17 bits per heavy atom. The summed E-state index contributed by atoms with van der Waals surface area (Å²) in [5, 5.41) is 0. The summed E-state index contributed by atoms with van der Waals surface area (Å²) in [4.78, 5) is 0. The number of terminal acetylenes is 1. The average Bonchev–Trinajstić information content (AvgIpc) is 2.03. The van der Waals surface area contributed by atoms with Gasteiger partial charge in [-0.25, -0.2) is 0 Å². The first kappa shape index (κ1) is 14.3. The molecule has 0 amide bonds. The van der Waals surface area contributed by atoms with Gasteiger partial charge in [-0.1, -0.05) is 0 Å². The molecule has 0 aromatic heterocycles. The first-order chi connectivity index (χ1) is 5.41. The van der Waals surface area contributed by atoms with Crippen molar-refractivity contribution >= 4 is 12.4 Å². The fraction of sp³-hybridized carbons (Fsp3) is 0.750. The lowest BCUT2D eigenvalue weighted by Gasteiger charge is -2.02. The van der Waals surface area contributed by atoms with Crippen LogP contribution in [0.5, 0.6) is 0 Å². The van der Waals surface area contributed by atoms with Crippen molar-refractivity contribution in [2.45, 2.75) is 6.42 Å². The zero-order chi connectivity index (χ0) is 8.36. The Morgan fingerprint density at radius 1 is 1.08 bits per heavy atom. The van der Waals surface area contributed by atoms with E-state index in [2.05, 4.69) is 5.92 Å². The Bertz CT molecular complexity index is 114. The second-order valence-electron chi connectivity index (χ2n) is 1.97. The highest BCUT2D eigenvalue weighted by Gasteiger charge is 1.86. The molecule has 4 heteroatoms. The van der Waals surface area contributed by atoms with Crippen molar-refractivity contribution in [3.63, 3.8) is 0 Å². The molecule has 0 aliphatic carbocycles. The summed E-state index contributed by atoms with van der Waals surface area (Å²) < 4.78 is 10.2. The van der Waals surface area contributed by atoms with Crippen LogP contribution in [0.25, 0.3) is 0 Å². The fourth-order valence-corrected chi connectivity index (χ4v) is 0.536. The number of nitrogens with two attached hydrogens (primary N) is 1. The average molecular weight is 194 g/mol.